The molecule has 0 N–H and O–H groups in total. The molecule has 1 aromatic carbocycles. The van der Waals surface area contributed by atoms with Crippen molar-refractivity contribution in [2.24, 2.45) is 0 Å². The van der Waals surface area contributed by atoms with Gasteiger partial charge in [0, 0.05) is 23.4 Å². The molecule has 0 unspecified atom stereocenters. The second-order valence-corrected chi connectivity index (χ2v) is 3.27. The Labute approximate surface area is 83.8 Å². The molecule has 0 fully saturated rings. The summed E-state index contributed by atoms with van der Waals surface area (Å²) in [5.74, 6) is 0.121. The fourth-order valence-electron chi connectivity index (χ4n) is 1.92. The molecule has 2 rings (SSSR count). The Balaban J connectivity index is 2.60. The average Bonchev–Trinajstić information content (AvgIpc) is 2.51. The van der Waals surface area contributed by atoms with Gasteiger partial charge in [-0.1, -0.05) is 24.3 Å². The van der Waals surface area contributed by atoms with Crippen LogP contribution >= 0.6 is 0 Å². The van der Waals surface area contributed by atoms with Crippen LogP contribution < -0.4 is 0 Å². The summed E-state index contributed by atoms with van der Waals surface area (Å²) in [6.07, 6.45) is 1.99. The highest BCUT2D eigenvalue weighted by atomic mass is 16.2. The molecule has 1 aromatic rings. The summed E-state index contributed by atoms with van der Waals surface area (Å²) < 4.78 is 0. The molecule has 1 amide bonds. The molecule has 1 aliphatic rings. The van der Waals surface area contributed by atoms with Crippen LogP contribution in [-0.4, -0.2) is 17.4 Å². The van der Waals surface area contributed by atoms with Crippen LogP contribution in [0, 0.1) is 0 Å². The summed E-state index contributed by atoms with van der Waals surface area (Å²) in [4.78, 5) is 13.7. The molecule has 0 saturated carbocycles. The van der Waals surface area contributed by atoms with Crippen molar-refractivity contribution in [3.63, 3.8) is 0 Å². The minimum absolute atomic E-state index is 0.121. The van der Waals surface area contributed by atoms with Crippen LogP contribution in [0.25, 0.3) is 5.70 Å². The van der Waals surface area contributed by atoms with Crippen LogP contribution in [0.2, 0.25) is 0 Å². The first-order chi connectivity index (χ1) is 6.79. The fourth-order valence-corrected chi connectivity index (χ4v) is 1.92. The van der Waals surface area contributed by atoms with Gasteiger partial charge in [0.05, 0.1) is 0 Å². The standard InChI is InChI=1S/C12H13NO/c1-3-11-9-7-5-6-8-10(9)12(14)13(11)4-2/h3,5-8H,4H2,1-2H3/b11-3+. The van der Waals surface area contributed by atoms with Gasteiger partial charge in [-0.25, -0.2) is 0 Å². The summed E-state index contributed by atoms with van der Waals surface area (Å²) in [5.41, 5.74) is 2.91. The Kier molecular flexibility index (Phi) is 2.12. The van der Waals surface area contributed by atoms with Gasteiger partial charge in [0.25, 0.3) is 5.91 Å². The van der Waals surface area contributed by atoms with Crippen LogP contribution in [0.3, 0.4) is 0 Å². The number of carbonyl (C=O) groups excluding carboxylic acids is 1. The maximum atomic E-state index is 11.9. The van der Waals surface area contributed by atoms with E-state index in [-0.39, 0.29) is 5.91 Å². The lowest BCUT2D eigenvalue weighted by atomic mass is 10.1. The number of hydrogen-bond acceptors (Lipinski definition) is 1. The van der Waals surface area contributed by atoms with E-state index in [1.165, 1.54) is 0 Å². The number of rotatable bonds is 1. The Morgan fingerprint density at radius 3 is 2.50 bits per heavy atom. The van der Waals surface area contributed by atoms with Crippen molar-refractivity contribution in [3.8, 4) is 0 Å². The molecule has 1 heterocycles. The second-order valence-electron chi connectivity index (χ2n) is 3.27. The molecule has 14 heavy (non-hydrogen) atoms. The van der Waals surface area contributed by atoms with E-state index in [1.54, 1.807) is 0 Å². The number of amides is 1. The van der Waals surface area contributed by atoms with Crippen molar-refractivity contribution in [2.75, 3.05) is 6.54 Å². The maximum absolute atomic E-state index is 11.9. The van der Waals surface area contributed by atoms with Gasteiger partial charge in [0.15, 0.2) is 0 Å². The largest absolute Gasteiger partial charge is 0.308 e. The van der Waals surface area contributed by atoms with Gasteiger partial charge in [0.2, 0.25) is 0 Å². The minimum atomic E-state index is 0.121. The number of benzene rings is 1. The molecule has 72 valence electrons. The normalized spacial score (nSPS) is 17.7. The first-order valence-corrected chi connectivity index (χ1v) is 4.87. The van der Waals surface area contributed by atoms with E-state index in [1.807, 2.05) is 49.1 Å². The molecule has 0 radical (unpaired) electrons. The van der Waals surface area contributed by atoms with Crippen molar-refractivity contribution in [1.29, 1.82) is 0 Å². The van der Waals surface area contributed by atoms with E-state index in [0.29, 0.717) is 0 Å². The van der Waals surface area contributed by atoms with Crippen molar-refractivity contribution >= 4 is 11.6 Å². The summed E-state index contributed by atoms with van der Waals surface area (Å²) >= 11 is 0. The summed E-state index contributed by atoms with van der Waals surface area (Å²) in [6, 6.07) is 7.76. The topological polar surface area (TPSA) is 20.3 Å². The Bertz CT molecular complexity index is 407. The number of hydrogen-bond donors (Lipinski definition) is 0. The Morgan fingerprint density at radius 2 is 1.93 bits per heavy atom. The molecule has 2 nitrogen and oxygen atoms in total. The van der Waals surface area contributed by atoms with E-state index in [4.69, 9.17) is 0 Å². The van der Waals surface area contributed by atoms with Crippen LogP contribution in [0.15, 0.2) is 30.3 Å². The molecule has 0 atom stereocenters. The quantitative estimate of drug-likeness (QED) is 0.661. The van der Waals surface area contributed by atoms with Crippen LogP contribution in [0.1, 0.15) is 29.8 Å². The lowest BCUT2D eigenvalue weighted by molar-refractivity contribution is 0.0856. The molecule has 0 aromatic heterocycles. The van der Waals surface area contributed by atoms with E-state index in [2.05, 4.69) is 0 Å². The van der Waals surface area contributed by atoms with Crippen molar-refractivity contribution in [3.05, 3.63) is 41.5 Å². The van der Waals surface area contributed by atoms with Gasteiger partial charge in [-0.3, -0.25) is 4.79 Å². The highest BCUT2D eigenvalue weighted by molar-refractivity contribution is 6.09. The molecule has 0 spiro atoms. The first kappa shape index (κ1) is 9.00. The molecule has 2 heteroatoms. The number of carbonyl (C=O) groups is 1. The van der Waals surface area contributed by atoms with E-state index < -0.39 is 0 Å². The maximum Gasteiger partial charge on any atom is 0.258 e. The van der Waals surface area contributed by atoms with Crippen LogP contribution in [-0.2, 0) is 0 Å². The molecular weight excluding hydrogens is 174 g/mol. The summed E-state index contributed by atoms with van der Waals surface area (Å²) in [5, 5.41) is 0. The number of nitrogens with zero attached hydrogens (tertiary/aromatic N) is 1. The zero-order valence-electron chi connectivity index (χ0n) is 8.45. The van der Waals surface area contributed by atoms with Gasteiger partial charge in [-0.05, 0) is 19.9 Å². The fraction of sp³-hybridized carbons (Fsp3) is 0.250. The molecule has 1 aliphatic heterocycles. The summed E-state index contributed by atoms with van der Waals surface area (Å²) in [7, 11) is 0. The lowest BCUT2D eigenvalue weighted by Gasteiger charge is -2.14. The third-order valence-corrected chi connectivity index (χ3v) is 2.56. The van der Waals surface area contributed by atoms with E-state index in [0.717, 1.165) is 23.4 Å². The number of fused-ring (bicyclic) bond motifs is 1. The van der Waals surface area contributed by atoms with E-state index in [9.17, 15) is 4.79 Å². The van der Waals surface area contributed by atoms with Gasteiger partial charge in [-0.2, -0.15) is 0 Å². The minimum Gasteiger partial charge on any atom is -0.308 e. The van der Waals surface area contributed by atoms with Gasteiger partial charge in [-0.15, -0.1) is 0 Å². The van der Waals surface area contributed by atoms with Gasteiger partial charge < -0.3 is 4.90 Å². The molecule has 0 aliphatic carbocycles. The van der Waals surface area contributed by atoms with Crippen LogP contribution in [0.4, 0.5) is 0 Å². The smallest absolute Gasteiger partial charge is 0.258 e. The van der Waals surface area contributed by atoms with Crippen LogP contribution in [0.5, 0.6) is 0 Å². The second kappa shape index (κ2) is 3.29. The zero-order valence-corrected chi connectivity index (χ0v) is 8.45. The summed E-state index contributed by atoms with van der Waals surface area (Å²) in [6.45, 7) is 4.69. The van der Waals surface area contributed by atoms with Crippen molar-refractivity contribution in [2.45, 2.75) is 13.8 Å². The predicted octanol–water partition coefficient (Wildman–Crippen LogP) is 2.52. The van der Waals surface area contributed by atoms with Gasteiger partial charge >= 0.3 is 0 Å². The third-order valence-electron chi connectivity index (χ3n) is 2.56. The highest BCUT2D eigenvalue weighted by Crippen LogP contribution is 2.31. The Hall–Kier alpha value is -1.57. The van der Waals surface area contributed by atoms with Crippen molar-refractivity contribution < 1.29 is 4.79 Å². The van der Waals surface area contributed by atoms with E-state index >= 15 is 0 Å². The molecule has 0 bridgehead atoms. The first-order valence-electron chi connectivity index (χ1n) is 4.87. The molecular formula is C12H13NO. The van der Waals surface area contributed by atoms with Crippen molar-refractivity contribution in [1.82, 2.24) is 4.90 Å². The SMILES string of the molecule is C/C=C1\c2ccccc2C(=O)N1CC. The monoisotopic (exact) mass is 187 g/mol. The lowest BCUT2D eigenvalue weighted by Crippen LogP contribution is -2.22. The average molecular weight is 187 g/mol. The number of allylic oxidation sites excluding steroid dienone is 1. The Morgan fingerprint density at radius 1 is 1.29 bits per heavy atom. The molecule has 0 saturated heterocycles. The third kappa shape index (κ3) is 1.07. The highest BCUT2D eigenvalue weighted by Gasteiger charge is 2.29. The predicted molar refractivity (Wildman–Crippen MR) is 56.8 cm³/mol. The van der Waals surface area contributed by atoms with Gasteiger partial charge in [0.1, 0.15) is 0 Å². The zero-order chi connectivity index (χ0) is 10.1.